The first-order valence-electron chi connectivity index (χ1n) is 6.57. The number of thioether (sulfide) groups is 1. The van der Waals surface area contributed by atoms with Gasteiger partial charge in [0.15, 0.2) is 0 Å². The maximum atomic E-state index is 10.7. The number of carbonyl (C=O) groups is 1. The maximum Gasteiger partial charge on any atom is 0.313 e. The Balaban J connectivity index is 2.07. The van der Waals surface area contributed by atoms with E-state index in [0.29, 0.717) is 11.2 Å². The molecule has 1 aliphatic rings. The van der Waals surface area contributed by atoms with Gasteiger partial charge in [-0.3, -0.25) is 4.79 Å². The topological polar surface area (TPSA) is 37.3 Å². The van der Waals surface area contributed by atoms with Gasteiger partial charge in [-0.1, -0.05) is 42.7 Å². The van der Waals surface area contributed by atoms with E-state index in [2.05, 4.69) is 31.2 Å². The molecule has 3 heteroatoms. The maximum absolute atomic E-state index is 10.7. The average molecular weight is 264 g/mol. The van der Waals surface area contributed by atoms with Crippen LogP contribution in [0.5, 0.6) is 0 Å². The Kier molecular flexibility index (Phi) is 4.70. The van der Waals surface area contributed by atoms with Crippen molar-refractivity contribution in [3.8, 4) is 0 Å². The standard InChI is InChI=1S/C15H20O2S/c1-11-6-8-12(9-7-11)13-4-2-3-5-14(13)18-10-15(16)17/h6-9,13-14H,2-5,10H2,1H3,(H,16,17)/t13-,14+/m0/s1. The number of aliphatic carboxylic acids is 1. The predicted molar refractivity (Wildman–Crippen MR) is 76.3 cm³/mol. The van der Waals surface area contributed by atoms with E-state index < -0.39 is 5.97 Å². The van der Waals surface area contributed by atoms with E-state index in [9.17, 15) is 4.79 Å². The number of rotatable bonds is 4. The van der Waals surface area contributed by atoms with Gasteiger partial charge in [-0.05, 0) is 31.2 Å². The van der Waals surface area contributed by atoms with Crippen molar-refractivity contribution in [2.24, 2.45) is 0 Å². The molecular formula is C15H20O2S. The number of hydrogen-bond donors (Lipinski definition) is 1. The molecule has 1 N–H and O–H groups in total. The molecule has 2 rings (SSSR count). The van der Waals surface area contributed by atoms with E-state index in [-0.39, 0.29) is 5.75 Å². The van der Waals surface area contributed by atoms with Crippen LogP contribution in [0.4, 0.5) is 0 Å². The predicted octanol–water partition coefficient (Wildman–Crippen LogP) is 3.84. The molecule has 98 valence electrons. The van der Waals surface area contributed by atoms with E-state index in [1.54, 1.807) is 11.8 Å². The molecule has 0 radical (unpaired) electrons. The van der Waals surface area contributed by atoms with Crippen molar-refractivity contribution >= 4 is 17.7 Å². The van der Waals surface area contributed by atoms with E-state index in [1.165, 1.54) is 30.4 Å². The Labute approximate surface area is 113 Å². The molecule has 0 bridgehead atoms. The molecular weight excluding hydrogens is 244 g/mol. The smallest absolute Gasteiger partial charge is 0.313 e. The Morgan fingerprint density at radius 2 is 1.94 bits per heavy atom. The highest BCUT2D eigenvalue weighted by Crippen LogP contribution is 2.39. The molecule has 1 aromatic carbocycles. The lowest BCUT2D eigenvalue weighted by atomic mass is 9.83. The zero-order valence-corrected chi connectivity index (χ0v) is 11.6. The van der Waals surface area contributed by atoms with Gasteiger partial charge >= 0.3 is 5.97 Å². The Morgan fingerprint density at radius 3 is 2.61 bits per heavy atom. The van der Waals surface area contributed by atoms with Crippen LogP contribution in [0.2, 0.25) is 0 Å². The number of benzene rings is 1. The van der Waals surface area contributed by atoms with Crippen molar-refractivity contribution in [3.63, 3.8) is 0 Å². The van der Waals surface area contributed by atoms with E-state index in [0.717, 1.165) is 6.42 Å². The number of carboxylic acids is 1. The van der Waals surface area contributed by atoms with Crippen LogP contribution in [0.15, 0.2) is 24.3 Å². The molecule has 0 amide bonds. The first kappa shape index (κ1) is 13.5. The van der Waals surface area contributed by atoms with Crippen molar-refractivity contribution in [1.29, 1.82) is 0 Å². The molecule has 1 fully saturated rings. The van der Waals surface area contributed by atoms with Crippen LogP contribution >= 0.6 is 11.8 Å². The second kappa shape index (κ2) is 6.28. The lowest BCUT2D eigenvalue weighted by molar-refractivity contribution is -0.133. The summed E-state index contributed by atoms with van der Waals surface area (Å²) >= 11 is 1.61. The molecule has 0 heterocycles. The first-order chi connectivity index (χ1) is 8.66. The summed E-state index contributed by atoms with van der Waals surface area (Å²) in [7, 11) is 0. The van der Waals surface area contributed by atoms with Crippen molar-refractivity contribution in [2.45, 2.75) is 43.8 Å². The molecule has 0 saturated heterocycles. The molecule has 18 heavy (non-hydrogen) atoms. The largest absolute Gasteiger partial charge is 0.481 e. The third-order valence-electron chi connectivity index (χ3n) is 3.63. The highest BCUT2D eigenvalue weighted by molar-refractivity contribution is 8.00. The van der Waals surface area contributed by atoms with Gasteiger partial charge < -0.3 is 5.11 Å². The van der Waals surface area contributed by atoms with Crippen molar-refractivity contribution in [3.05, 3.63) is 35.4 Å². The van der Waals surface area contributed by atoms with Gasteiger partial charge in [0.1, 0.15) is 0 Å². The summed E-state index contributed by atoms with van der Waals surface area (Å²) in [5.41, 5.74) is 2.66. The third-order valence-corrected chi connectivity index (χ3v) is 5.03. The van der Waals surface area contributed by atoms with Gasteiger partial charge in [-0.15, -0.1) is 11.8 Å². The van der Waals surface area contributed by atoms with Gasteiger partial charge in [0.05, 0.1) is 5.75 Å². The normalized spacial score (nSPS) is 23.8. The lowest BCUT2D eigenvalue weighted by Crippen LogP contribution is -2.21. The summed E-state index contributed by atoms with van der Waals surface area (Å²) < 4.78 is 0. The highest BCUT2D eigenvalue weighted by atomic mass is 32.2. The van der Waals surface area contributed by atoms with E-state index >= 15 is 0 Å². The number of hydrogen-bond acceptors (Lipinski definition) is 2. The van der Waals surface area contributed by atoms with Crippen LogP contribution in [0.1, 0.15) is 42.7 Å². The first-order valence-corrected chi connectivity index (χ1v) is 7.61. The Bertz CT molecular complexity index is 399. The summed E-state index contributed by atoms with van der Waals surface area (Å²) in [6.45, 7) is 2.10. The number of carboxylic acid groups (broad SMARTS) is 1. The van der Waals surface area contributed by atoms with Crippen LogP contribution in [-0.2, 0) is 4.79 Å². The fourth-order valence-electron chi connectivity index (χ4n) is 2.67. The summed E-state index contributed by atoms with van der Waals surface area (Å²) in [6, 6.07) is 8.73. The summed E-state index contributed by atoms with van der Waals surface area (Å²) in [4.78, 5) is 10.7. The minimum absolute atomic E-state index is 0.229. The molecule has 1 aliphatic carbocycles. The quantitative estimate of drug-likeness (QED) is 0.897. The van der Waals surface area contributed by atoms with Crippen molar-refractivity contribution < 1.29 is 9.90 Å². The molecule has 2 atom stereocenters. The Hall–Kier alpha value is -0.960. The zero-order valence-electron chi connectivity index (χ0n) is 10.8. The lowest BCUT2D eigenvalue weighted by Gasteiger charge is -2.31. The van der Waals surface area contributed by atoms with Gasteiger partial charge in [-0.25, -0.2) is 0 Å². The van der Waals surface area contributed by atoms with Gasteiger partial charge in [0, 0.05) is 5.25 Å². The van der Waals surface area contributed by atoms with Crippen LogP contribution < -0.4 is 0 Å². The van der Waals surface area contributed by atoms with E-state index in [4.69, 9.17) is 5.11 Å². The minimum Gasteiger partial charge on any atom is -0.481 e. The molecule has 1 saturated carbocycles. The number of aryl methyl sites for hydroxylation is 1. The molecule has 0 aromatic heterocycles. The summed E-state index contributed by atoms with van der Waals surface area (Å²) in [5.74, 6) is 0.0597. The van der Waals surface area contributed by atoms with Crippen molar-refractivity contribution in [2.75, 3.05) is 5.75 Å². The Morgan fingerprint density at radius 1 is 1.28 bits per heavy atom. The average Bonchev–Trinajstić information content (AvgIpc) is 2.38. The zero-order chi connectivity index (χ0) is 13.0. The molecule has 0 spiro atoms. The SMILES string of the molecule is Cc1ccc([C@@H]2CCCC[C@H]2SCC(=O)O)cc1. The second-order valence-corrected chi connectivity index (χ2v) is 6.27. The molecule has 0 unspecified atom stereocenters. The molecule has 1 aromatic rings. The fraction of sp³-hybridized carbons (Fsp3) is 0.533. The van der Waals surface area contributed by atoms with Gasteiger partial charge in [0.2, 0.25) is 0 Å². The van der Waals surface area contributed by atoms with E-state index in [1.807, 2.05) is 0 Å². The second-order valence-electron chi connectivity index (χ2n) is 5.04. The summed E-state index contributed by atoms with van der Waals surface area (Å²) in [6.07, 6.45) is 4.85. The van der Waals surface area contributed by atoms with Crippen molar-refractivity contribution in [1.82, 2.24) is 0 Å². The van der Waals surface area contributed by atoms with Crippen LogP contribution in [0, 0.1) is 6.92 Å². The monoisotopic (exact) mass is 264 g/mol. The van der Waals surface area contributed by atoms with Crippen LogP contribution in [-0.4, -0.2) is 22.1 Å². The molecule has 0 aliphatic heterocycles. The van der Waals surface area contributed by atoms with Crippen LogP contribution in [0.3, 0.4) is 0 Å². The fourth-order valence-corrected chi connectivity index (χ4v) is 3.89. The minimum atomic E-state index is -0.701. The van der Waals surface area contributed by atoms with Crippen LogP contribution in [0.25, 0.3) is 0 Å². The van der Waals surface area contributed by atoms with Gasteiger partial charge in [0.25, 0.3) is 0 Å². The summed E-state index contributed by atoms with van der Waals surface area (Å²) in [5, 5.41) is 9.29. The van der Waals surface area contributed by atoms with Gasteiger partial charge in [-0.2, -0.15) is 0 Å². The highest BCUT2D eigenvalue weighted by Gasteiger charge is 2.27. The third kappa shape index (κ3) is 3.52. The molecule has 2 nitrogen and oxygen atoms in total.